The van der Waals surface area contributed by atoms with Crippen LogP contribution in [0, 0.1) is 11.7 Å². The predicted molar refractivity (Wildman–Crippen MR) is 94.1 cm³/mol. The number of anilines is 1. The van der Waals surface area contributed by atoms with E-state index in [1.807, 2.05) is 0 Å². The maximum atomic E-state index is 14.0. The van der Waals surface area contributed by atoms with E-state index in [1.54, 1.807) is 34.6 Å². The van der Waals surface area contributed by atoms with Crippen molar-refractivity contribution in [3.8, 4) is 0 Å². The van der Waals surface area contributed by atoms with Gasteiger partial charge in [0, 0.05) is 15.3 Å². The number of hydrogen-bond acceptors (Lipinski definition) is 4. The topological polar surface area (TPSA) is 55.4 Å². The summed E-state index contributed by atoms with van der Waals surface area (Å²) in [5.74, 6) is -1.40. The molecule has 1 N–H and O–H groups in total. The van der Waals surface area contributed by atoms with Gasteiger partial charge in [0.05, 0.1) is 11.8 Å². The molecule has 0 saturated carbocycles. The lowest BCUT2D eigenvalue weighted by Gasteiger charge is -2.16. The first kappa shape index (κ1) is 20.0. The van der Waals surface area contributed by atoms with E-state index in [9.17, 15) is 14.0 Å². The van der Waals surface area contributed by atoms with Gasteiger partial charge in [0.1, 0.15) is 11.1 Å². The van der Waals surface area contributed by atoms with Crippen LogP contribution < -0.4 is 5.32 Å². The Bertz CT molecular complexity index is 593. The minimum Gasteiger partial charge on any atom is -0.462 e. The van der Waals surface area contributed by atoms with Crippen LogP contribution in [0.15, 0.2) is 21.5 Å². The highest BCUT2D eigenvalue weighted by Crippen LogP contribution is 2.35. The fourth-order valence-electron chi connectivity index (χ4n) is 1.56. The van der Waals surface area contributed by atoms with Gasteiger partial charge in [0.15, 0.2) is 0 Å². The van der Waals surface area contributed by atoms with Gasteiger partial charge in [0.25, 0.3) is 0 Å². The van der Waals surface area contributed by atoms with Crippen molar-refractivity contribution >= 4 is 45.3 Å². The number of esters is 1. The molecule has 4 nitrogen and oxygen atoms in total. The summed E-state index contributed by atoms with van der Waals surface area (Å²) in [6.07, 6.45) is -0.192. The number of carbonyl (C=O) groups is 2. The molecule has 0 aliphatic carbocycles. The van der Waals surface area contributed by atoms with Crippen molar-refractivity contribution in [2.24, 2.45) is 5.92 Å². The standard InChI is InChI=1S/C16H21BrFNO3S/c1-8(2)15(20)19-13-7-14(11(17)6-12(13)18)23-10(5)16(21)22-9(3)4/h6-10H,1-5H3,(H,19,20). The van der Waals surface area contributed by atoms with E-state index < -0.39 is 11.1 Å². The molecule has 1 aromatic rings. The lowest BCUT2D eigenvalue weighted by atomic mass is 10.2. The van der Waals surface area contributed by atoms with Gasteiger partial charge in [-0.25, -0.2) is 4.39 Å². The fourth-order valence-corrected chi connectivity index (χ4v) is 3.04. The fraction of sp³-hybridized carbons (Fsp3) is 0.500. The molecule has 1 aromatic carbocycles. The summed E-state index contributed by atoms with van der Waals surface area (Å²) >= 11 is 4.52. The maximum Gasteiger partial charge on any atom is 0.319 e. The van der Waals surface area contributed by atoms with Gasteiger partial charge in [-0.1, -0.05) is 13.8 Å². The van der Waals surface area contributed by atoms with Crippen LogP contribution in [-0.4, -0.2) is 23.2 Å². The first-order valence-electron chi connectivity index (χ1n) is 7.28. The van der Waals surface area contributed by atoms with E-state index >= 15 is 0 Å². The Hall–Kier alpha value is -1.08. The normalized spacial score (nSPS) is 12.4. The lowest BCUT2D eigenvalue weighted by molar-refractivity contribution is -0.146. The van der Waals surface area contributed by atoms with E-state index in [0.29, 0.717) is 9.37 Å². The van der Waals surface area contributed by atoms with Crippen molar-refractivity contribution in [1.82, 2.24) is 0 Å². The van der Waals surface area contributed by atoms with Crippen molar-refractivity contribution < 1.29 is 18.7 Å². The second-order valence-electron chi connectivity index (χ2n) is 5.65. The summed E-state index contributed by atoms with van der Waals surface area (Å²) < 4.78 is 19.7. The van der Waals surface area contributed by atoms with Crippen molar-refractivity contribution in [2.75, 3.05) is 5.32 Å². The third kappa shape index (κ3) is 6.14. The third-order valence-electron chi connectivity index (χ3n) is 2.79. The molecule has 1 unspecified atom stereocenters. The van der Waals surface area contributed by atoms with E-state index in [4.69, 9.17) is 4.74 Å². The molecule has 0 aromatic heterocycles. The first-order chi connectivity index (χ1) is 10.6. The van der Waals surface area contributed by atoms with Gasteiger partial charge in [-0.2, -0.15) is 0 Å². The quantitative estimate of drug-likeness (QED) is 0.554. The average molecular weight is 406 g/mol. The smallest absolute Gasteiger partial charge is 0.319 e. The Morgan fingerprint density at radius 3 is 2.35 bits per heavy atom. The van der Waals surface area contributed by atoms with E-state index in [0.717, 1.165) is 0 Å². The Balaban J connectivity index is 2.94. The number of thioether (sulfide) groups is 1. The zero-order chi connectivity index (χ0) is 17.7. The molecule has 1 amide bonds. The van der Waals surface area contributed by atoms with Crippen molar-refractivity contribution in [3.63, 3.8) is 0 Å². The summed E-state index contributed by atoms with van der Waals surface area (Å²) in [7, 11) is 0. The zero-order valence-corrected chi connectivity index (χ0v) is 16.2. The Morgan fingerprint density at radius 1 is 1.22 bits per heavy atom. The highest BCUT2D eigenvalue weighted by molar-refractivity contribution is 9.10. The molecule has 0 saturated heterocycles. The van der Waals surface area contributed by atoms with Crippen LogP contribution in [0.4, 0.5) is 10.1 Å². The predicted octanol–water partition coefficient (Wildman–Crippen LogP) is 4.61. The second-order valence-corrected chi connectivity index (χ2v) is 7.89. The molecule has 0 aliphatic rings. The van der Waals surface area contributed by atoms with Gasteiger partial charge in [-0.15, -0.1) is 11.8 Å². The first-order valence-corrected chi connectivity index (χ1v) is 8.96. The molecule has 7 heteroatoms. The summed E-state index contributed by atoms with van der Waals surface area (Å²) in [6.45, 7) is 8.74. The zero-order valence-electron chi connectivity index (χ0n) is 13.8. The number of ether oxygens (including phenoxy) is 1. The number of hydrogen-bond donors (Lipinski definition) is 1. The number of benzene rings is 1. The summed E-state index contributed by atoms with van der Waals surface area (Å²) in [5, 5.41) is 2.10. The molecule has 0 aliphatic heterocycles. The molecule has 0 radical (unpaired) electrons. The molecule has 0 spiro atoms. The molecule has 0 heterocycles. The van der Waals surface area contributed by atoms with Gasteiger partial charge >= 0.3 is 5.97 Å². The van der Waals surface area contributed by atoms with Crippen molar-refractivity contribution in [2.45, 2.75) is 50.9 Å². The molecule has 0 fully saturated rings. The Kier molecular flexibility index (Phi) is 7.54. The molecule has 128 valence electrons. The van der Waals surface area contributed by atoms with Crippen LogP contribution in [0.1, 0.15) is 34.6 Å². The molecule has 23 heavy (non-hydrogen) atoms. The van der Waals surface area contributed by atoms with Crippen molar-refractivity contribution in [3.05, 3.63) is 22.4 Å². The largest absolute Gasteiger partial charge is 0.462 e. The van der Waals surface area contributed by atoms with Crippen LogP contribution in [0.3, 0.4) is 0 Å². The summed E-state index contributed by atoms with van der Waals surface area (Å²) in [4.78, 5) is 24.3. The van der Waals surface area contributed by atoms with Crippen LogP contribution in [0.25, 0.3) is 0 Å². The molecular weight excluding hydrogens is 385 g/mol. The van der Waals surface area contributed by atoms with Crippen LogP contribution >= 0.6 is 27.7 Å². The van der Waals surface area contributed by atoms with Crippen LogP contribution in [-0.2, 0) is 14.3 Å². The molecular formula is C16H21BrFNO3S. The monoisotopic (exact) mass is 405 g/mol. The molecule has 0 bridgehead atoms. The van der Waals surface area contributed by atoms with Crippen LogP contribution in [0.2, 0.25) is 0 Å². The van der Waals surface area contributed by atoms with E-state index in [2.05, 4.69) is 21.2 Å². The Labute approximate surface area is 148 Å². The van der Waals surface area contributed by atoms with E-state index in [1.165, 1.54) is 23.9 Å². The Morgan fingerprint density at radius 2 is 1.83 bits per heavy atom. The highest BCUT2D eigenvalue weighted by Gasteiger charge is 2.20. The summed E-state index contributed by atoms with van der Waals surface area (Å²) in [5.41, 5.74) is 0.0961. The summed E-state index contributed by atoms with van der Waals surface area (Å²) in [6, 6.07) is 2.79. The lowest BCUT2D eigenvalue weighted by Crippen LogP contribution is -2.21. The third-order valence-corrected chi connectivity index (χ3v) is 4.85. The molecule has 1 atom stereocenters. The molecule has 1 rings (SSSR count). The average Bonchev–Trinajstić information content (AvgIpc) is 2.42. The van der Waals surface area contributed by atoms with Crippen LogP contribution in [0.5, 0.6) is 0 Å². The maximum absolute atomic E-state index is 14.0. The highest BCUT2D eigenvalue weighted by atomic mass is 79.9. The minimum atomic E-state index is -0.535. The van der Waals surface area contributed by atoms with Gasteiger partial charge in [0.2, 0.25) is 5.91 Å². The number of halogens is 2. The SMILES string of the molecule is CC(C)OC(=O)C(C)Sc1cc(NC(=O)C(C)C)c(F)cc1Br. The number of carbonyl (C=O) groups excluding carboxylic acids is 2. The van der Waals surface area contributed by atoms with Crippen molar-refractivity contribution in [1.29, 1.82) is 0 Å². The minimum absolute atomic E-state index is 0.0961. The number of nitrogens with one attached hydrogen (secondary N) is 1. The van der Waals surface area contributed by atoms with Gasteiger partial charge in [-0.3, -0.25) is 9.59 Å². The van der Waals surface area contributed by atoms with Gasteiger partial charge in [-0.05, 0) is 48.8 Å². The number of rotatable bonds is 6. The number of amides is 1. The second kappa shape index (κ2) is 8.68. The van der Waals surface area contributed by atoms with Gasteiger partial charge < -0.3 is 10.1 Å². The van der Waals surface area contributed by atoms with E-state index in [-0.39, 0.29) is 29.6 Å².